The average molecular weight is 397 g/mol. The van der Waals surface area contributed by atoms with Crippen LogP contribution in [0.1, 0.15) is 44.1 Å². The Labute approximate surface area is 166 Å². The topological polar surface area (TPSA) is 72.9 Å². The molecule has 5 nitrogen and oxygen atoms in total. The van der Waals surface area contributed by atoms with Crippen molar-refractivity contribution in [3.63, 3.8) is 0 Å². The molecule has 1 atom stereocenters. The number of nitrogens with one attached hydrogen (secondary N) is 1. The van der Waals surface area contributed by atoms with Crippen molar-refractivity contribution in [1.29, 1.82) is 0 Å². The van der Waals surface area contributed by atoms with Crippen LogP contribution in [0.2, 0.25) is 0 Å². The first-order valence-corrected chi connectivity index (χ1v) is 8.97. The van der Waals surface area contributed by atoms with E-state index >= 15 is 0 Å². The number of rotatable bonds is 7. The van der Waals surface area contributed by atoms with Gasteiger partial charge < -0.3 is 11.1 Å². The maximum atomic E-state index is 13.1. The van der Waals surface area contributed by atoms with E-state index in [0.29, 0.717) is 12.5 Å². The molecule has 0 aliphatic heterocycles. The zero-order valence-electron chi connectivity index (χ0n) is 16.7. The number of aromatic nitrogens is 2. The number of benzene rings is 1. The number of halogens is 2. The van der Waals surface area contributed by atoms with Crippen molar-refractivity contribution in [2.45, 2.75) is 53.0 Å². The Morgan fingerprint density at radius 3 is 2.41 bits per heavy atom. The Bertz CT molecular complexity index is 773. The van der Waals surface area contributed by atoms with Gasteiger partial charge in [0.05, 0.1) is 17.8 Å². The quantitative estimate of drug-likeness (QED) is 0.752. The van der Waals surface area contributed by atoms with Crippen LogP contribution in [-0.2, 0) is 11.2 Å². The Morgan fingerprint density at radius 2 is 1.89 bits per heavy atom. The lowest BCUT2D eigenvalue weighted by atomic mass is 9.90. The van der Waals surface area contributed by atoms with Gasteiger partial charge in [-0.2, -0.15) is 5.10 Å². The van der Waals surface area contributed by atoms with Crippen molar-refractivity contribution in [2.24, 2.45) is 11.7 Å². The van der Waals surface area contributed by atoms with Crippen LogP contribution in [0.25, 0.3) is 5.69 Å². The zero-order valence-corrected chi connectivity index (χ0v) is 17.5. The van der Waals surface area contributed by atoms with E-state index in [-0.39, 0.29) is 30.6 Å². The number of amides is 1. The lowest BCUT2D eigenvalue weighted by Crippen LogP contribution is -2.52. The summed E-state index contributed by atoms with van der Waals surface area (Å²) in [6.45, 7) is 10.4. The van der Waals surface area contributed by atoms with Crippen LogP contribution in [0.4, 0.5) is 4.39 Å². The molecule has 0 spiro atoms. The van der Waals surface area contributed by atoms with Crippen LogP contribution < -0.4 is 11.1 Å². The van der Waals surface area contributed by atoms with E-state index in [2.05, 4.69) is 24.3 Å². The molecule has 1 unspecified atom stereocenters. The van der Waals surface area contributed by atoms with Crippen LogP contribution in [0, 0.1) is 25.6 Å². The van der Waals surface area contributed by atoms with Gasteiger partial charge in [0.15, 0.2) is 0 Å². The normalized spacial score (nSPS) is 13.2. The van der Waals surface area contributed by atoms with Gasteiger partial charge in [-0.3, -0.25) is 4.79 Å². The fourth-order valence-electron chi connectivity index (χ4n) is 3.39. The molecule has 0 bridgehead atoms. The molecule has 27 heavy (non-hydrogen) atoms. The summed E-state index contributed by atoms with van der Waals surface area (Å²) in [6.07, 6.45) is 1.06. The Kier molecular flexibility index (Phi) is 7.99. The molecule has 3 N–H and O–H groups in total. The molecule has 1 aromatic heterocycles. The maximum Gasteiger partial charge on any atom is 0.225 e. The Balaban J connectivity index is 0.00000364. The lowest BCUT2D eigenvalue weighted by molar-refractivity contribution is -0.122. The van der Waals surface area contributed by atoms with Crippen LogP contribution in [-0.4, -0.2) is 27.8 Å². The number of aryl methyl sites for hydroxylation is 1. The number of hydrogen-bond donors (Lipinski definition) is 2. The summed E-state index contributed by atoms with van der Waals surface area (Å²) in [7, 11) is 0. The number of nitrogens with two attached hydrogens (primary N) is 1. The zero-order chi connectivity index (χ0) is 19.5. The molecule has 2 rings (SSSR count). The molecule has 0 radical (unpaired) electrons. The summed E-state index contributed by atoms with van der Waals surface area (Å²) in [5, 5.41) is 7.60. The number of carbonyl (C=O) groups is 1. The lowest BCUT2D eigenvalue weighted by Gasteiger charge is -2.31. The second kappa shape index (κ2) is 9.33. The molecule has 0 saturated carbocycles. The smallest absolute Gasteiger partial charge is 0.225 e. The molecule has 1 heterocycles. The molecule has 2 aromatic rings. The van der Waals surface area contributed by atoms with E-state index in [4.69, 9.17) is 5.73 Å². The minimum Gasteiger partial charge on any atom is -0.349 e. The van der Waals surface area contributed by atoms with Crippen molar-refractivity contribution < 1.29 is 9.18 Å². The highest BCUT2D eigenvalue weighted by Crippen LogP contribution is 2.20. The predicted molar refractivity (Wildman–Crippen MR) is 109 cm³/mol. The van der Waals surface area contributed by atoms with E-state index in [1.165, 1.54) is 12.1 Å². The summed E-state index contributed by atoms with van der Waals surface area (Å²) in [6, 6.07) is 6.15. The average Bonchev–Trinajstić information content (AvgIpc) is 2.83. The largest absolute Gasteiger partial charge is 0.349 e. The molecule has 150 valence electrons. The summed E-state index contributed by atoms with van der Waals surface area (Å²) in [5.41, 5.74) is 8.79. The highest BCUT2D eigenvalue weighted by molar-refractivity contribution is 5.85. The van der Waals surface area contributed by atoms with Gasteiger partial charge in [0.1, 0.15) is 5.82 Å². The molecule has 0 aliphatic rings. The van der Waals surface area contributed by atoms with Crippen molar-refractivity contribution in [2.75, 3.05) is 6.54 Å². The second-order valence-corrected chi connectivity index (χ2v) is 7.63. The molecule has 7 heteroatoms. The summed E-state index contributed by atoms with van der Waals surface area (Å²) in [5.74, 6) is 0.0816. The third-order valence-corrected chi connectivity index (χ3v) is 4.60. The fraction of sp³-hybridized carbons (Fsp3) is 0.500. The van der Waals surface area contributed by atoms with E-state index < -0.39 is 5.54 Å². The van der Waals surface area contributed by atoms with E-state index in [1.807, 2.05) is 20.8 Å². The number of hydrogen-bond acceptors (Lipinski definition) is 3. The predicted octanol–water partition coefficient (Wildman–Crippen LogP) is 3.47. The van der Waals surface area contributed by atoms with Crippen molar-refractivity contribution in [1.82, 2.24) is 15.1 Å². The van der Waals surface area contributed by atoms with Crippen LogP contribution in [0.5, 0.6) is 0 Å². The Morgan fingerprint density at radius 1 is 1.30 bits per heavy atom. The molecular formula is C20H30ClFN4O. The Hall–Kier alpha value is -1.92. The molecule has 1 amide bonds. The monoisotopic (exact) mass is 396 g/mol. The van der Waals surface area contributed by atoms with Crippen molar-refractivity contribution in [3.8, 4) is 5.69 Å². The van der Waals surface area contributed by atoms with Crippen LogP contribution >= 0.6 is 12.4 Å². The van der Waals surface area contributed by atoms with Gasteiger partial charge in [0, 0.05) is 23.3 Å². The molecule has 0 saturated heterocycles. The SMILES string of the molecule is Cc1nn(-c2ccc(F)cc2)c(C)c1CC(=O)NC(C)(CN)CC(C)C.Cl. The number of nitrogens with zero attached hydrogens (tertiary/aromatic N) is 2. The standard InChI is InChI=1S/C20H29FN4O.ClH/c1-13(2)11-20(5,12-22)23-19(26)10-18-14(3)24-25(15(18)4)17-8-6-16(21)7-9-17;/h6-9,13H,10-12,22H2,1-5H3,(H,23,26);1H. The summed E-state index contributed by atoms with van der Waals surface area (Å²) < 4.78 is 14.9. The number of carbonyl (C=O) groups excluding carboxylic acids is 1. The van der Waals surface area contributed by atoms with Crippen LogP contribution in [0.15, 0.2) is 24.3 Å². The van der Waals surface area contributed by atoms with Gasteiger partial charge in [-0.25, -0.2) is 9.07 Å². The third-order valence-electron chi connectivity index (χ3n) is 4.60. The summed E-state index contributed by atoms with van der Waals surface area (Å²) >= 11 is 0. The van der Waals surface area contributed by atoms with Gasteiger partial charge in [-0.15, -0.1) is 12.4 Å². The van der Waals surface area contributed by atoms with Gasteiger partial charge >= 0.3 is 0 Å². The van der Waals surface area contributed by atoms with Crippen LogP contribution in [0.3, 0.4) is 0 Å². The van der Waals surface area contributed by atoms with E-state index in [0.717, 1.165) is 29.1 Å². The van der Waals surface area contributed by atoms with Crippen molar-refractivity contribution >= 4 is 18.3 Å². The molecule has 0 aliphatic carbocycles. The van der Waals surface area contributed by atoms with Gasteiger partial charge in [0.25, 0.3) is 0 Å². The van der Waals surface area contributed by atoms with Gasteiger partial charge in [-0.05, 0) is 57.4 Å². The fourth-order valence-corrected chi connectivity index (χ4v) is 3.39. The highest BCUT2D eigenvalue weighted by Gasteiger charge is 2.26. The first-order chi connectivity index (χ1) is 12.1. The van der Waals surface area contributed by atoms with Gasteiger partial charge in [-0.1, -0.05) is 13.8 Å². The van der Waals surface area contributed by atoms with E-state index in [1.54, 1.807) is 16.8 Å². The molecule has 1 aromatic carbocycles. The van der Waals surface area contributed by atoms with E-state index in [9.17, 15) is 9.18 Å². The maximum absolute atomic E-state index is 13.1. The molecular weight excluding hydrogens is 367 g/mol. The van der Waals surface area contributed by atoms with Gasteiger partial charge in [0.2, 0.25) is 5.91 Å². The first kappa shape index (κ1) is 23.1. The first-order valence-electron chi connectivity index (χ1n) is 8.97. The third kappa shape index (κ3) is 5.78. The minimum atomic E-state index is -0.417. The summed E-state index contributed by atoms with van der Waals surface area (Å²) in [4.78, 5) is 12.6. The molecule has 0 fully saturated rings. The minimum absolute atomic E-state index is 0. The van der Waals surface area contributed by atoms with Crippen molar-refractivity contribution in [3.05, 3.63) is 47.0 Å². The highest BCUT2D eigenvalue weighted by atomic mass is 35.5. The second-order valence-electron chi connectivity index (χ2n) is 7.63.